The summed E-state index contributed by atoms with van der Waals surface area (Å²) >= 11 is 0. The maximum absolute atomic E-state index is 4.81. The van der Waals surface area contributed by atoms with E-state index in [0.29, 0.717) is 11.4 Å². The summed E-state index contributed by atoms with van der Waals surface area (Å²) in [5.41, 5.74) is 12.1. The number of hydrogen-bond donors (Lipinski definition) is 0. The molecule has 5 rings (SSSR count). The van der Waals surface area contributed by atoms with Crippen LogP contribution in [0.4, 0.5) is 0 Å². The molecule has 0 radical (unpaired) electrons. The fraction of sp³-hybridized carbons (Fsp3) is 0.222. The fourth-order valence-corrected chi connectivity index (χ4v) is 4.77. The molecule has 3 heterocycles. The Balaban J connectivity index is 1.49. The smallest absolute Gasteiger partial charge is 0.131 e. The Morgan fingerprint density at radius 3 is 1.29 bits per heavy atom. The topological polar surface area (TPSA) is 74.3 Å². The first-order valence-electron chi connectivity index (χ1n) is 11.3. The Hall–Kier alpha value is -4.13. The van der Waals surface area contributed by atoms with Crippen LogP contribution in [0.3, 0.4) is 0 Å². The molecule has 2 aromatic carbocycles. The summed E-state index contributed by atoms with van der Waals surface area (Å²) in [6.07, 6.45) is 3.85. The van der Waals surface area contributed by atoms with Crippen LogP contribution >= 0.6 is 0 Å². The van der Waals surface area contributed by atoms with Crippen LogP contribution in [-0.2, 0) is 0 Å². The Morgan fingerprint density at radius 2 is 0.912 bits per heavy atom. The van der Waals surface area contributed by atoms with E-state index in [1.807, 2.05) is 40.0 Å². The van der Waals surface area contributed by atoms with Gasteiger partial charge in [-0.15, -0.1) is 10.2 Å². The van der Waals surface area contributed by atoms with Crippen molar-refractivity contribution in [2.75, 3.05) is 0 Å². The van der Waals surface area contributed by atoms with E-state index in [1.54, 1.807) is 0 Å². The van der Waals surface area contributed by atoms with Gasteiger partial charge in [0.2, 0.25) is 0 Å². The van der Waals surface area contributed by atoms with Crippen molar-refractivity contribution in [1.82, 2.24) is 35.0 Å². The second kappa shape index (κ2) is 8.33. The van der Waals surface area contributed by atoms with Crippen LogP contribution in [0.25, 0.3) is 34.2 Å². The fourth-order valence-electron chi connectivity index (χ4n) is 4.77. The molecule has 0 aliphatic heterocycles. The van der Waals surface area contributed by atoms with Crippen molar-refractivity contribution in [1.29, 1.82) is 0 Å². The number of aromatic nitrogens is 7. The zero-order valence-electron chi connectivity index (χ0n) is 20.3. The Labute approximate surface area is 199 Å². The number of pyridine rings is 1. The minimum atomic E-state index is 0.707. The first-order valence-corrected chi connectivity index (χ1v) is 11.3. The van der Waals surface area contributed by atoms with E-state index in [4.69, 9.17) is 4.98 Å². The van der Waals surface area contributed by atoms with Gasteiger partial charge in [-0.3, -0.25) is 0 Å². The molecule has 0 saturated heterocycles. The lowest BCUT2D eigenvalue weighted by Gasteiger charge is -2.10. The van der Waals surface area contributed by atoms with Crippen molar-refractivity contribution in [2.45, 2.75) is 41.5 Å². The first kappa shape index (κ1) is 21.7. The third-order valence-electron chi connectivity index (χ3n) is 5.99. The van der Waals surface area contributed by atoms with Crippen molar-refractivity contribution in [3.8, 4) is 34.2 Å². The van der Waals surface area contributed by atoms with Gasteiger partial charge in [-0.2, -0.15) is 0 Å². The molecule has 7 heteroatoms. The number of aryl methyl sites for hydroxylation is 6. The van der Waals surface area contributed by atoms with Crippen LogP contribution in [0, 0.1) is 41.5 Å². The van der Waals surface area contributed by atoms with E-state index in [-0.39, 0.29) is 0 Å². The molecule has 3 aromatic heterocycles. The van der Waals surface area contributed by atoms with Gasteiger partial charge in [-0.05, 0) is 75.9 Å². The molecule has 7 nitrogen and oxygen atoms in total. The normalized spacial score (nSPS) is 11.2. The van der Waals surface area contributed by atoms with E-state index in [1.165, 1.54) is 11.1 Å². The molecule has 0 atom stereocenters. The lowest BCUT2D eigenvalue weighted by atomic mass is 10.1. The lowest BCUT2D eigenvalue weighted by Crippen LogP contribution is -2.01. The van der Waals surface area contributed by atoms with Gasteiger partial charge >= 0.3 is 0 Å². The molecular formula is C27H27N7. The molecule has 0 aliphatic carbocycles. The molecule has 0 N–H and O–H groups in total. The van der Waals surface area contributed by atoms with Gasteiger partial charge < -0.3 is 0 Å². The molecule has 34 heavy (non-hydrogen) atoms. The molecule has 0 spiro atoms. The average Bonchev–Trinajstić information content (AvgIpc) is 3.43. The third-order valence-corrected chi connectivity index (χ3v) is 5.99. The highest BCUT2D eigenvalue weighted by Crippen LogP contribution is 2.25. The van der Waals surface area contributed by atoms with Crippen LogP contribution in [-0.4, -0.2) is 35.0 Å². The summed E-state index contributed by atoms with van der Waals surface area (Å²) < 4.78 is 3.65. The van der Waals surface area contributed by atoms with E-state index >= 15 is 0 Å². The van der Waals surface area contributed by atoms with Crippen LogP contribution in [0.5, 0.6) is 0 Å². The van der Waals surface area contributed by atoms with Crippen LogP contribution in [0.2, 0.25) is 0 Å². The van der Waals surface area contributed by atoms with Gasteiger partial charge in [0.25, 0.3) is 0 Å². The number of nitrogens with zero attached hydrogens (tertiary/aromatic N) is 7. The van der Waals surface area contributed by atoms with E-state index in [2.05, 4.69) is 86.4 Å². The molecule has 5 aromatic rings. The third kappa shape index (κ3) is 3.90. The summed E-state index contributed by atoms with van der Waals surface area (Å²) in [6.45, 7) is 12.6. The number of benzene rings is 2. The summed E-state index contributed by atoms with van der Waals surface area (Å²) in [4.78, 5) is 4.81. The van der Waals surface area contributed by atoms with Gasteiger partial charge in [0, 0.05) is 0 Å². The average molecular weight is 450 g/mol. The highest BCUT2D eigenvalue weighted by atomic mass is 15.4. The molecule has 0 saturated carbocycles. The summed E-state index contributed by atoms with van der Waals surface area (Å²) in [5, 5.41) is 17.6. The van der Waals surface area contributed by atoms with E-state index in [0.717, 1.165) is 45.0 Å². The Morgan fingerprint density at radius 1 is 0.529 bits per heavy atom. The molecule has 0 aliphatic rings. The van der Waals surface area contributed by atoms with Crippen LogP contribution < -0.4 is 0 Å². The molecular weight excluding hydrogens is 422 g/mol. The van der Waals surface area contributed by atoms with Gasteiger partial charge in [0.05, 0.1) is 35.2 Å². The molecule has 0 bridgehead atoms. The van der Waals surface area contributed by atoms with Crippen molar-refractivity contribution in [2.24, 2.45) is 0 Å². The first-order chi connectivity index (χ1) is 16.3. The monoisotopic (exact) mass is 449 g/mol. The van der Waals surface area contributed by atoms with E-state index in [9.17, 15) is 0 Å². The zero-order valence-corrected chi connectivity index (χ0v) is 20.3. The quantitative estimate of drug-likeness (QED) is 0.366. The number of hydrogen-bond acceptors (Lipinski definition) is 5. The van der Waals surface area contributed by atoms with Gasteiger partial charge in [0.1, 0.15) is 11.4 Å². The van der Waals surface area contributed by atoms with Crippen molar-refractivity contribution < 1.29 is 0 Å². The SMILES string of the molecule is Cc1cc(C)c(-n2cc(-c3cccc(-c4cn(-c5c(C)cc(C)cc5C)nn4)n3)nn2)c(C)c1. The molecule has 0 fully saturated rings. The van der Waals surface area contributed by atoms with Crippen LogP contribution in [0.1, 0.15) is 33.4 Å². The predicted molar refractivity (Wildman–Crippen MR) is 133 cm³/mol. The van der Waals surface area contributed by atoms with Crippen LogP contribution in [0.15, 0.2) is 54.9 Å². The van der Waals surface area contributed by atoms with Crippen molar-refractivity contribution in [3.05, 3.63) is 88.2 Å². The maximum Gasteiger partial charge on any atom is 0.131 e. The zero-order chi connectivity index (χ0) is 24.0. The standard InChI is InChI=1S/C27H27N7/c1-16-10-18(3)26(19(4)11-16)33-14-24(29-31-33)22-8-7-9-23(28-22)25-15-34(32-30-25)27-20(5)12-17(2)13-21(27)6/h7-15H,1-6H3. The Kier molecular flexibility index (Phi) is 5.32. The largest absolute Gasteiger partial charge is 0.244 e. The maximum atomic E-state index is 4.81. The Bertz CT molecular complexity index is 1370. The lowest BCUT2D eigenvalue weighted by molar-refractivity contribution is 0.793. The van der Waals surface area contributed by atoms with Crippen molar-refractivity contribution >= 4 is 0 Å². The number of rotatable bonds is 4. The van der Waals surface area contributed by atoms with Gasteiger partial charge in [-0.25, -0.2) is 14.3 Å². The predicted octanol–water partition coefficient (Wildman–Crippen LogP) is 5.43. The summed E-state index contributed by atoms with van der Waals surface area (Å²) in [5.74, 6) is 0. The molecule has 0 amide bonds. The summed E-state index contributed by atoms with van der Waals surface area (Å²) in [6, 6.07) is 14.5. The second-order valence-corrected chi connectivity index (χ2v) is 9.00. The minimum absolute atomic E-state index is 0.707. The van der Waals surface area contributed by atoms with E-state index < -0.39 is 0 Å². The molecule has 170 valence electrons. The minimum Gasteiger partial charge on any atom is -0.244 e. The highest BCUT2D eigenvalue weighted by molar-refractivity contribution is 5.62. The molecule has 0 unspecified atom stereocenters. The second-order valence-electron chi connectivity index (χ2n) is 9.00. The van der Waals surface area contributed by atoms with Gasteiger partial charge in [0.15, 0.2) is 0 Å². The highest BCUT2D eigenvalue weighted by Gasteiger charge is 2.14. The van der Waals surface area contributed by atoms with Gasteiger partial charge in [-0.1, -0.05) is 51.9 Å². The van der Waals surface area contributed by atoms with Crippen molar-refractivity contribution in [3.63, 3.8) is 0 Å². The summed E-state index contributed by atoms with van der Waals surface area (Å²) in [7, 11) is 0.